The summed E-state index contributed by atoms with van der Waals surface area (Å²) in [6, 6.07) is 14.1. The third-order valence-corrected chi connectivity index (χ3v) is 6.67. The van der Waals surface area contributed by atoms with E-state index in [1.54, 1.807) is 11.3 Å². The average molecular weight is 436 g/mol. The SMILES string of the molecule is CCN(CC)CCCNC(=O)c1ccc2c(c1)sc1nc(-c3ccc(NC)cc3)cn12. The predicted molar refractivity (Wildman–Crippen MR) is 130 cm³/mol. The van der Waals surface area contributed by atoms with Crippen molar-refractivity contribution in [2.24, 2.45) is 0 Å². The molecule has 31 heavy (non-hydrogen) atoms. The van der Waals surface area contributed by atoms with E-state index < -0.39 is 0 Å². The lowest BCUT2D eigenvalue weighted by Crippen LogP contribution is -2.29. The van der Waals surface area contributed by atoms with Gasteiger partial charge in [0.25, 0.3) is 5.91 Å². The third-order valence-electron chi connectivity index (χ3n) is 5.66. The second-order valence-corrected chi connectivity index (χ2v) is 8.54. The van der Waals surface area contributed by atoms with Crippen LogP contribution in [-0.2, 0) is 0 Å². The highest BCUT2D eigenvalue weighted by Crippen LogP contribution is 2.30. The molecule has 0 aliphatic carbocycles. The normalized spacial score (nSPS) is 11.5. The Labute approximate surface area is 186 Å². The molecule has 162 valence electrons. The Balaban J connectivity index is 1.47. The molecule has 2 aromatic heterocycles. The summed E-state index contributed by atoms with van der Waals surface area (Å²) >= 11 is 1.61. The van der Waals surface area contributed by atoms with Crippen LogP contribution in [0.2, 0.25) is 0 Å². The highest BCUT2D eigenvalue weighted by molar-refractivity contribution is 7.23. The highest BCUT2D eigenvalue weighted by Gasteiger charge is 2.13. The van der Waals surface area contributed by atoms with Crippen molar-refractivity contribution in [2.75, 3.05) is 38.5 Å². The molecule has 4 aromatic rings. The molecule has 0 saturated carbocycles. The lowest BCUT2D eigenvalue weighted by atomic mass is 10.1. The molecular weight excluding hydrogens is 406 g/mol. The molecule has 2 N–H and O–H groups in total. The Kier molecular flexibility index (Phi) is 6.53. The summed E-state index contributed by atoms with van der Waals surface area (Å²) in [5.74, 6) is -0.0159. The number of carbonyl (C=O) groups is 1. The van der Waals surface area contributed by atoms with Crippen LogP contribution in [0.1, 0.15) is 30.6 Å². The molecular formula is C24H29N5OS. The number of hydrogen-bond acceptors (Lipinski definition) is 5. The zero-order chi connectivity index (χ0) is 21.8. The molecule has 7 heteroatoms. The van der Waals surface area contributed by atoms with Gasteiger partial charge < -0.3 is 15.5 Å². The minimum Gasteiger partial charge on any atom is -0.388 e. The fourth-order valence-corrected chi connectivity index (χ4v) is 4.78. The fourth-order valence-electron chi connectivity index (χ4n) is 3.74. The molecule has 2 aromatic carbocycles. The van der Waals surface area contributed by atoms with Gasteiger partial charge in [0, 0.05) is 36.6 Å². The maximum Gasteiger partial charge on any atom is 0.251 e. The van der Waals surface area contributed by atoms with Crippen molar-refractivity contribution in [3.8, 4) is 11.3 Å². The number of nitrogens with zero attached hydrogens (tertiary/aromatic N) is 3. The lowest BCUT2D eigenvalue weighted by Gasteiger charge is -2.17. The number of rotatable bonds is 9. The molecule has 0 atom stereocenters. The zero-order valence-electron chi connectivity index (χ0n) is 18.3. The summed E-state index contributed by atoms with van der Waals surface area (Å²) in [5, 5.41) is 6.18. The summed E-state index contributed by atoms with van der Waals surface area (Å²) in [6.45, 7) is 8.12. The fraction of sp³-hybridized carbons (Fsp3) is 0.333. The van der Waals surface area contributed by atoms with E-state index in [0.717, 1.165) is 58.2 Å². The van der Waals surface area contributed by atoms with Crippen molar-refractivity contribution in [1.29, 1.82) is 0 Å². The zero-order valence-corrected chi connectivity index (χ0v) is 19.1. The number of benzene rings is 2. The number of nitrogens with one attached hydrogen (secondary N) is 2. The molecule has 0 unspecified atom stereocenters. The quantitative estimate of drug-likeness (QED) is 0.374. The van der Waals surface area contributed by atoms with Crippen LogP contribution in [0.4, 0.5) is 5.69 Å². The standard InChI is InChI=1S/C24H29N5OS/c1-4-28(5-2)14-6-13-26-23(30)18-9-12-21-22(15-18)31-24-27-20(16-29(21)24)17-7-10-19(25-3)11-8-17/h7-12,15-16,25H,4-6,13-14H2,1-3H3,(H,26,30). The average Bonchev–Trinajstić information content (AvgIpc) is 3.36. The van der Waals surface area contributed by atoms with Crippen LogP contribution in [0.25, 0.3) is 26.4 Å². The maximum atomic E-state index is 12.6. The van der Waals surface area contributed by atoms with Crippen LogP contribution in [0.15, 0.2) is 48.7 Å². The van der Waals surface area contributed by atoms with Crippen LogP contribution in [0, 0.1) is 0 Å². The van der Waals surface area contributed by atoms with E-state index in [4.69, 9.17) is 4.98 Å². The monoisotopic (exact) mass is 435 g/mol. The Morgan fingerprint density at radius 3 is 2.61 bits per heavy atom. The van der Waals surface area contributed by atoms with Crippen LogP contribution in [-0.4, -0.2) is 53.4 Å². The van der Waals surface area contributed by atoms with Crippen molar-refractivity contribution in [3.05, 3.63) is 54.2 Å². The Hall–Kier alpha value is -2.90. The van der Waals surface area contributed by atoms with Gasteiger partial charge in [0.05, 0.1) is 15.9 Å². The number of fused-ring (bicyclic) bond motifs is 3. The summed E-state index contributed by atoms with van der Waals surface area (Å²) in [5.41, 5.74) is 4.88. The van der Waals surface area contributed by atoms with Gasteiger partial charge in [-0.15, -0.1) is 0 Å². The van der Waals surface area contributed by atoms with Gasteiger partial charge >= 0.3 is 0 Å². The van der Waals surface area contributed by atoms with E-state index in [9.17, 15) is 4.79 Å². The Morgan fingerprint density at radius 1 is 1.13 bits per heavy atom. The molecule has 0 fully saturated rings. The van der Waals surface area contributed by atoms with E-state index in [0.29, 0.717) is 12.1 Å². The van der Waals surface area contributed by atoms with Crippen LogP contribution >= 0.6 is 11.3 Å². The van der Waals surface area contributed by atoms with Gasteiger partial charge in [-0.25, -0.2) is 4.98 Å². The topological polar surface area (TPSA) is 61.7 Å². The van der Waals surface area contributed by atoms with E-state index in [-0.39, 0.29) is 5.91 Å². The van der Waals surface area contributed by atoms with Crippen molar-refractivity contribution < 1.29 is 4.79 Å². The van der Waals surface area contributed by atoms with Crippen LogP contribution in [0.3, 0.4) is 0 Å². The van der Waals surface area contributed by atoms with E-state index in [1.165, 1.54) is 0 Å². The van der Waals surface area contributed by atoms with Gasteiger partial charge in [0.2, 0.25) is 0 Å². The first kappa shape index (κ1) is 21.3. The highest BCUT2D eigenvalue weighted by atomic mass is 32.1. The third kappa shape index (κ3) is 4.57. The molecule has 6 nitrogen and oxygen atoms in total. The van der Waals surface area contributed by atoms with E-state index >= 15 is 0 Å². The summed E-state index contributed by atoms with van der Waals surface area (Å²) in [7, 11) is 1.91. The lowest BCUT2D eigenvalue weighted by molar-refractivity contribution is 0.0952. The number of hydrogen-bond donors (Lipinski definition) is 2. The Morgan fingerprint density at radius 2 is 1.90 bits per heavy atom. The minimum absolute atomic E-state index is 0.0159. The second kappa shape index (κ2) is 9.49. The van der Waals surface area contributed by atoms with E-state index in [2.05, 4.69) is 52.1 Å². The molecule has 0 aliphatic rings. The summed E-state index contributed by atoms with van der Waals surface area (Å²) in [4.78, 5) is 20.7. The number of amides is 1. The number of anilines is 1. The summed E-state index contributed by atoms with van der Waals surface area (Å²) in [6.07, 6.45) is 3.02. The molecule has 0 radical (unpaired) electrons. The van der Waals surface area contributed by atoms with Gasteiger partial charge in [0.1, 0.15) is 0 Å². The van der Waals surface area contributed by atoms with Crippen molar-refractivity contribution in [1.82, 2.24) is 19.6 Å². The van der Waals surface area contributed by atoms with Crippen molar-refractivity contribution >= 4 is 38.1 Å². The number of carbonyl (C=O) groups excluding carboxylic acids is 1. The second-order valence-electron chi connectivity index (χ2n) is 7.53. The minimum atomic E-state index is -0.0159. The van der Waals surface area contributed by atoms with Crippen molar-refractivity contribution in [3.63, 3.8) is 0 Å². The van der Waals surface area contributed by atoms with Crippen LogP contribution in [0.5, 0.6) is 0 Å². The first-order valence-electron chi connectivity index (χ1n) is 10.8. The van der Waals surface area contributed by atoms with Gasteiger partial charge in [-0.3, -0.25) is 9.20 Å². The van der Waals surface area contributed by atoms with Gasteiger partial charge in [0.15, 0.2) is 4.96 Å². The molecule has 2 heterocycles. The number of aromatic nitrogens is 2. The molecule has 0 bridgehead atoms. The largest absolute Gasteiger partial charge is 0.388 e. The maximum absolute atomic E-state index is 12.6. The van der Waals surface area contributed by atoms with Crippen molar-refractivity contribution in [2.45, 2.75) is 20.3 Å². The molecule has 0 spiro atoms. The van der Waals surface area contributed by atoms with E-state index in [1.807, 2.05) is 37.4 Å². The molecule has 0 saturated heterocycles. The Bertz CT molecular complexity index is 1170. The smallest absolute Gasteiger partial charge is 0.251 e. The van der Waals surface area contributed by atoms with Gasteiger partial charge in [-0.1, -0.05) is 37.3 Å². The summed E-state index contributed by atoms with van der Waals surface area (Å²) < 4.78 is 3.17. The molecule has 1 amide bonds. The number of thiazole rings is 1. The molecule has 4 rings (SSSR count). The first-order valence-corrected chi connectivity index (χ1v) is 11.6. The van der Waals surface area contributed by atoms with Gasteiger partial charge in [-0.05, 0) is 56.4 Å². The predicted octanol–water partition coefficient (Wildman–Crippen LogP) is 4.72. The van der Waals surface area contributed by atoms with Gasteiger partial charge in [-0.2, -0.15) is 0 Å². The first-order chi connectivity index (χ1) is 15.1. The van der Waals surface area contributed by atoms with Crippen LogP contribution < -0.4 is 10.6 Å². The molecule has 0 aliphatic heterocycles. The number of imidazole rings is 1.